The number of hydrogen-bond acceptors (Lipinski definition) is 4. The lowest BCUT2D eigenvalue weighted by Crippen LogP contribution is -2.23. The number of benzene rings is 2. The van der Waals surface area contributed by atoms with Crippen molar-refractivity contribution in [2.45, 2.75) is 24.3 Å². The predicted octanol–water partition coefficient (Wildman–Crippen LogP) is 3.69. The third-order valence-corrected chi connectivity index (χ3v) is 4.81. The average molecular weight is 383 g/mol. The van der Waals surface area contributed by atoms with Crippen LogP contribution in [0, 0.1) is 12.7 Å². The summed E-state index contributed by atoms with van der Waals surface area (Å²) in [5.74, 6) is -0.160. The number of rotatable bonds is 6. The molecule has 3 aromatic rings. The molecule has 0 atom stereocenters. The van der Waals surface area contributed by atoms with Gasteiger partial charge in [0.05, 0.1) is 6.42 Å². The fourth-order valence-corrected chi connectivity index (χ4v) is 3.38. The topological polar surface area (TPSA) is 74.8 Å². The van der Waals surface area contributed by atoms with Crippen molar-refractivity contribution in [3.63, 3.8) is 0 Å². The van der Waals surface area contributed by atoms with E-state index in [9.17, 15) is 14.0 Å². The first-order valence-corrected chi connectivity index (χ1v) is 9.32. The molecule has 0 aliphatic rings. The van der Waals surface area contributed by atoms with E-state index in [0.717, 1.165) is 5.56 Å². The van der Waals surface area contributed by atoms with Gasteiger partial charge in [0.2, 0.25) is 5.91 Å². The molecule has 1 amide bonds. The monoisotopic (exact) mass is 383 g/mol. The fourth-order valence-electron chi connectivity index (χ4n) is 2.52. The number of H-pyrrole nitrogens is 1. The maximum absolute atomic E-state index is 13.2. The van der Waals surface area contributed by atoms with Crippen LogP contribution in [0.3, 0.4) is 0 Å². The highest BCUT2D eigenvalue weighted by Gasteiger charge is 2.13. The van der Waals surface area contributed by atoms with Crippen LogP contribution >= 0.6 is 11.8 Å². The number of thioether (sulfide) groups is 1. The number of aromatic amines is 1. The normalized spacial score (nSPS) is 10.6. The van der Waals surface area contributed by atoms with Gasteiger partial charge in [-0.3, -0.25) is 9.59 Å². The highest BCUT2D eigenvalue weighted by Crippen LogP contribution is 2.19. The quantitative estimate of drug-likeness (QED) is 0.503. The van der Waals surface area contributed by atoms with Crippen LogP contribution < -0.4 is 10.9 Å². The smallest absolute Gasteiger partial charge is 0.255 e. The summed E-state index contributed by atoms with van der Waals surface area (Å²) in [5, 5.41) is 3.09. The highest BCUT2D eigenvalue weighted by atomic mass is 32.2. The Bertz CT molecular complexity index is 1010. The SMILES string of the molecule is Cc1nc(SCc2ccccc2)[nH]c(=O)c1CC(=O)Nc1cccc(F)c1. The lowest BCUT2D eigenvalue weighted by atomic mass is 10.1. The van der Waals surface area contributed by atoms with Gasteiger partial charge in [0.25, 0.3) is 5.56 Å². The Labute approximate surface area is 160 Å². The predicted molar refractivity (Wildman–Crippen MR) is 104 cm³/mol. The number of amides is 1. The molecule has 0 unspecified atom stereocenters. The number of carbonyl (C=O) groups is 1. The zero-order chi connectivity index (χ0) is 19.2. The first-order valence-electron chi connectivity index (χ1n) is 8.33. The van der Waals surface area contributed by atoms with E-state index >= 15 is 0 Å². The van der Waals surface area contributed by atoms with Gasteiger partial charge < -0.3 is 10.3 Å². The van der Waals surface area contributed by atoms with Gasteiger partial charge in [-0.05, 0) is 30.7 Å². The van der Waals surface area contributed by atoms with E-state index in [1.54, 1.807) is 13.0 Å². The molecule has 0 radical (unpaired) electrons. The number of anilines is 1. The fraction of sp³-hybridized carbons (Fsp3) is 0.150. The minimum atomic E-state index is -0.441. The Hall–Kier alpha value is -2.93. The number of nitrogens with one attached hydrogen (secondary N) is 2. The summed E-state index contributed by atoms with van der Waals surface area (Å²) in [6.45, 7) is 1.70. The summed E-state index contributed by atoms with van der Waals surface area (Å²) in [6, 6.07) is 15.5. The molecule has 0 fully saturated rings. The van der Waals surface area contributed by atoms with Gasteiger partial charge in [-0.15, -0.1) is 0 Å². The lowest BCUT2D eigenvalue weighted by molar-refractivity contribution is -0.115. The van der Waals surface area contributed by atoms with E-state index in [0.29, 0.717) is 27.9 Å². The van der Waals surface area contributed by atoms with E-state index in [-0.39, 0.29) is 12.0 Å². The van der Waals surface area contributed by atoms with Crippen LogP contribution in [0.4, 0.5) is 10.1 Å². The molecule has 1 aromatic heterocycles. The van der Waals surface area contributed by atoms with Crippen LogP contribution in [0.2, 0.25) is 0 Å². The van der Waals surface area contributed by atoms with Gasteiger partial charge >= 0.3 is 0 Å². The number of nitrogens with zero attached hydrogens (tertiary/aromatic N) is 1. The van der Waals surface area contributed by atoms with Gasteiger partial charge in [0, 0.05) is 22.7 Å². The first kappa shape index (κ1) is 18.8. The molecule has 7 heteroatoms. The molecule has 2 N–H and O–H groups in total. The second kappa shape index (κ2) is 8.64. The maximum atomic E-state index is 13.2. The Morgan fingerprint density at radius 3 is 2.67 bits per heavy atom. The number of aromatic nitrogens is 2. The molecule has 0 saturated heterocycles. The molecule has 0 aliphatic carbocycles. The van der Waals surface area contributed by atoms with Crippen molar-refractivity contribution in [3.8, 4) is 0 Å². The van der Waals surface area contributed by atoms with E-state index in [1.165, 1.54) is 30.0 Å². The Balaban J connectivity index is 1.67. The molecule has 0 spiro atoms. The highest BCUT2D eigenvalue weighted by molar-refractivity contribution is 7.98. The molecule has 0 bridgehead atoms. The summed E-state index contributed by atoms with van der Waals surface area (Å²) in [6.07, 6.45) is -0.131. The van der Waals surface area contributed by atoms with Crippen molar-refractivity contribution in [1.82, 2.24) is 9.97 Å². The molecule has 27 heavy (non-hydrogen) atoms. The standard InChI is InChI=1S/C20H18FN3O2S/c1-13-17(11-18(25)23-16-9-5-8-15(21)10-16)19(26)24-20(22-13)27-12-14-6-3-2-4-7-14/h2-10H,11-12H2,1H3,(H,23,25)(H,22,24,26). The van der Waals surface area contributed by atoms with Crippen LogP contribution in [0.15, 0.2) is 64.5 Å². The van der Waals surface area contributed by atoms with Crippen molar-refractivity contribution in [2.75, 3.05) is 5.32 Å². The van der Waals surface area contributed by atoms with Gasteiger partial charge in [0.1, 0.15) is 5.82 Å². The van der Waals surface area contributed by atoms with E-state index < -0.39 is 11.7 Å². The summed E-state index contributed by atoms with van der Waals surface area (Å²) in [7, 11) is 0. The Morgan fingerprint density at radius 2 is 1.96 bits per heavy atom. The third kappa shape index (κ3) is 5.27. The molecular formula is C20H18FN3O2S. The molecule has 0 aliphatic heterocycles. The van der Waals surface area contributed by atoms with Crippen LogP contribution in [-0.4, -0.2) is 15.9 Å². The number of halogens is 1. The summed E-state index contributed by atoms with van der Waals surface area (Å²) >= 11 is 1.42. The van der Waals surface area contributed by atoms with Crippen molar-refractivity contribution < 1.29 is 9.18 Å². The zero-order valence-electron chi connectivity index (χ0n) is 14.7. The zero-order valence-corrected chi connectivity index (χ0v) is 15.5. The van der Waals surface area contributed by atoms with Gasteiger partial charge in [-0.2, -0.15) is 0 Å². The minimum Gasteiger partial charge on any atom is -0.326 e. The molecule has 2 aromatic carbocycles. The van der Waals surface area contributed by atoms with Crippen LogP contribution in [0.25, 0.3) is 0 Å². The van der Waals surface area contributed by atoms with Crippen LogP contribution in [0.5, 0.6) is 0 Å². The molecular weight excluding hydrogens is 365 g/mol. The number of carbonyl (C=O) groups excluding carboxylic acids is 1. The second-order valence-corrected chi connectivity index (χ2v) is 6.91. The number of aryl methyl sites for hydroxylation is 1. The van der Waals surface area contributed by atoms with Crippen LogP contribution in [0.1, 0.15) is 16.8 Å². The second-order valence-electron chi connectivity index (χ2n) is 5.94. The largest absolute Gasteiger partial charge is 0.326 e. The van der Waals surface area contributed by atoms with E-state index in [2.05, 4.69) is 15.3 Å². The van der Waals surface area contributed by atoms with Crippen molar-refractivity contribution in [3.05, 3.63) is 87.6 Å². The average Bonchev–Trinajstić information content (AvgIpc) is 2.64. The maximum Gasteiger partial charge on any atom is 0.255 e. The minimum absolute atomic E-state index is 0.131. The summed E-state index contributed by atoms with van der Waals surface area (Å²) < 4.78 is 13.2. The first-order chi connectivity index (χ1) is 13.0. The number of hydrogen-bond donors (Lipinski definition) is 2. The van der Waals surface area contributed by atoms with Gasteiger partial charge in [-0.1, -0.05) is 48.2 Å². The van der Waals surface area contributed by atoms with Crippen molar-refractivity contribution in [2.24, 2.45) is 0 Å². The Morgan fingerprint density at radius 1 is 1.19 bits per heavy atom. The van der Waals surface area contributed by atoms with E-state index in [1.807, 2.05) is 30.3 Å². The summed E-state index contributed by atoms with van der Waals surface area (Å²) in [5.41, 5.74) is 1.93. The third-order valence-electron chi connectivity index (χ3n) is 3.86. The van der Waals surface area contributed by atoms with Crippen LogP contribution in [-0.2, 0) is 17.0 Å². The van der Waals surface area contributed by atoms with E-state index in [4.69, 9.17) is 0 Å². The molecule has 3 rings (SSSR count). The molecule has 138 valence electrons. The van der Waals surface area contributed by atoms with Crippen molar-refractivity contribution >= 4 is 23.4 Å². The van der Waals surface area contributed by atoms with Gasteiger partial charge in [-0.25, -0.2) is 9.37 Å². The van der Waals surface area contributed by atoms with Crippen molar-refractivity contribution in [1.29, 1.82) is 0 Å². The molecule has 0 saturated carbocycles. The Kier molecular flexibility index (Phi) is 6.03. The lowest BCUT2D eigenvalue weighted by Gasteiger charge is -2.08. The summed E-state index contributed by atoms with van der Waals surface area (Å²) in [4.78, 5) is 31.7. The molecule has 1 heterocycles. The van der Waals surface area contributed by atoms with Gasteiger partial charge in [0.15, 0.2) is 5.16 Å². The molecule has 5 nitrogen and oxygen atoms in total.